The molecule has 1 aromatic heterocycles. The molecule has 7 heteroatoms. The van der Waals surface area contributed by atoms with Gasteiger partial charge in [-0.15, -0.1) is 0 Å². The maximum atomic E-state index is 12.1. The average molecular weight is 258 g/mol. The first-order valence-corrected chi connectivity index (χ1v) is 5.57. The summed E-state index contributed by atoms with van der Waals surface area (Å²) in [6, 6.07) is -0.336. The fourth-order valence-corrected chi connectivity index (χ4v) is 1.81. The number of nitrogens with zero attached hydrogens (tertiary/aromatic N) is 3. The third kappa shape index (κ3) is 2.71. The summed E-state index contributed by atoms with van der Waals surface area (Å²) >= 11 is 5.68. The number of hydrogen-bond donors (Lipinski definition) is 1. The van der Waals surface area contributed by atoms with E-state index in [0.717, 1.165) is 0 Å². The molecular weight excluding hydrogens is 246 g/mol. The Hall–Kier alpha value is -1.24. The van der Waals surface area contributed by atoms with Crippen LogP contribution in [0.3, 0.4) is 0 Å². The van der Waals surface area contributed by atoms with Crippen LogP contribution in [0.2, 0.25) is 5.15 Å². The third-order valence-electron chi connectivity index (χ3n) is 2.52. The Morgan fingerprint density at radius 1 is 1.65 bits per heavy atom. The fourth-order valence-electron chi connectivity index (χ4n) is 1.67. The zero-order valence-electron chi connectivity index (χ0n) is 9.04. The van der Waals surface area contributed by atoms with E-state index in [0.29, 0.717) is 19.8 Å². The summed E-state index contributed by atoms with van der Waals surface area (Å²) in [5.74, 6) is -0.289. The van der Waals surface area contributed by atoms with Crippen LogP contribution in [-0.2, 0) is 4.74 Å². The normalized spacial score (nSPS) is 20.4. The van der Waals surface area contributed by atoms with Crippen molar-refractivity contribution in [3.63, 3.8) is 0 Å². The first kappa shape index (κ1) is 12.2. The number of morpholine rings is 1. The van der Waals surface area contributed by atoms with Gasteiger partial charge in [0.15, 0.2) is 0 Å². The number of carbonyl (C=O) groups excluding carboxylic acids is 1. The quantitative estimate of drug-likeness (QED) is 0.805. The molecule has 1 aliphatic heterocycles. The van der Waals surface area contributed by atoms with Gasteiger partial charge >= 0.3 is 0 Å². The van der Waals surface area contributed by atoms with E-state index < -0.39 is 0 Å². The highest BCUT2D eigenvalue weighted by Gasteiger charge is 2.28. The van der Waals surface area contributed by atoms with Gasteiger partial charge in [0.2, 0.25) is 0 Å². The molecule has 0 bridgehead atoms. The molecule has 1 aliphatic rings. The number of aromatic nitrogens is 2. The van der Waals surface area contributed by atoms with Crippen molar-refractivity contribution in [3.05, 3.63) is 23.2 Å². The van der Waals surface area contributed by atoms with Crippen LogP contribution in [0.15, 0.2) is 12.4 Å². The highest BCUT2D eigenvalue weighted by Crippen LogP contribution is 2.12. The summed E-state index contributed by atoms with van der Waals surface area (Å²) in [4.78, 5) is 21.4. The SMILES string of the molecule is O=C(c1cncc(Cl)n1)N1CCOCC1CO. The summed E-state index contributed by atoms with van der Waals surface area (Å²) in [5.41, 5.74) is 0.179. The van der Waals surface area contributed by atoms with Crippen molar-refractivity contribution in [2.24, 2.45) is 0 Å². The monoisotopic (exact) mass is 257 g/mol. The van der Waals surface area contributed by atoms with Gasteiger partial charge in [-0.25, -0.2) is 4.98 Å². The number of aliphatic hydroxyl groups is 1. The van der Waals surface area contributed by atoms with Crippen molar-refractivity contribution in [3.8, 4) is 0 Å². The molecule has 2 heterocycles. The summed E-state index contributed by atoms with van der Waals surface area (Å²) in [6.07, 6.45) is 2.72. The number of hydrogen-bond acceptors (Lipinski definition) is 5. The highest BCUT2D eigenvalue weighted by molar-refractivity contribution is 6.29. The molecule has 1 fully saturated rings. The minimum Gasteiger partial charge on any atom is -0.394 e. The van der Waals surface area contributed by atoms with E-state index in [9.17, 15) is 9.90 Å². The van der Waals surface area contributed by atoms with E-state index in [1.165, 1.54) is 17.3 Å². The van der Waals surface area contributed by atoms with Gasteiger partial charge in [0.05, 0.1) is 38.3 Å². The lowest BCUT2D eigenvalue weighted by Crippen LogP contribution is -2.50. The van der Waals surface area contributed by atoms with E-state index >= 15 is 0 Å². The van der Waals surface area contributed by atoms with Crippen LogP contribution in [0.25, 0.3) is 0 Å². The Kier molecular flexibility index (Phi) is 3.88. The van der Waals surface area contributed by atoms with Crippen LogP contribution < -0.4 is 0 Å². The molecule has 0 radical (unpaired) electrons. The Morgan fingerprint density at radius 2 is 2.47 bits per heavy atom. The number of halogens is 1. The lowest BCUT2D eigenvalue weighted by atomic mass is 10.2. The van der Waals surface area contributed by atoms with Crippen LogP contribution >= 0.6 is 11.6 Å². The third-order valence-corrected chi connectivity index (χ3v) is 2.71. The molecule has 1 saturated heterocycles. The van der Waals surface area contributed by atoms with Crippen molar-refractivity contribution in [2.75, 3.05) is 26.4 Å². The fraction of sp³-hybridized carbons (Fsp3) is 0.500. The molecule has 17 heavy (non-hydrogen) atoms. The predicted octanol–water partition coefficient (Wildman–Crippen LogP) is -0.0367. The van der Waals surface area contributed by atoms with Crippen molar-refractivity contribution >= 4 is 17.5 Å². The number of ether oxygens (including phenoxy) is 1. The van der Waals surface area contributed by atoms with Gasteiger partial charge in [0.25, 0.3) is 5.91 Å². The van der Waals surface area contributed by atoms with Crippen LogP contribution in [0.1, 0.15) is 10.5 Å². The topological polar surface area (TPSA) is 75.6 Å². The number of carbonyl (C=O) groups is 1. The van der Waals surface area contributed by atoms with Gasteiger partial charge in [0.1, 0.15) is 10.8 Å². The predicted molar refractivity (Wildman–Crippen MR) is 59.8 cm³/mol. The molecule has 1 atom stereocenters. The van der Waals surface area contributed by atoms with Crippen molar-refractivity contribution in [1.82, 2.24) is 14.9 Å². The molecule has 92 valence electrons. The Labute approximate surface area is 103 Å². The molecule has 1 amide bonds. The molecule has 0 saturated carbocycles. The molecule has 6 nitrogen and oxygen atoms in total. The number of amides is 1. The van der Waals surface area contributed by atoms with Gasteiger partial charge in [-0.2, -0.15) is 0 Å². The maximum Gasteiger partial charge on any atom is 0.274 e. The summed E-state index contributed by atoms with van der Waals surface area (Å²) in [7, 11) is 0. The lowest BCUT2D eigenvalue weighted by Gasteiger charge is -2.34. The van der Waals surface area contributed by atoms with Crippen molar-refractivity contribution in [1.29, 1.82) is 0 Å². The van der Waals surface area contributed by atoms with Crippen molar-refractivity contribution in [2.45, 2.75) is 6.04 Å². The molecule has 0 aromatic carbocycles. The smallest absolute Gasteiger partial charge is 0.274 e. The van der Waals surface area contributed by atoms with E-state index in [4.69, 9.17) is 16.3 Å². The molecule has 0 aliphatic carbocycles. The van der Waals surface area contributed by atoms with Crippen LogP contribution in [0.5, 0.6) is 0 Å². The largest absolute Gasteiger partial charge is 0.394 e. The molecule has 1 aromatic rings. The first-order valence-electron chi connectivity index (χ1n) is 5.19. The van der Waals surface area contributed by atoms with E-state index in [1.807, 2.05) is 0 Å². The van der Waals surface area contributed by atoms with Crippen LogP contribution in [0.4, 0.5) is 0 Å². The molecule has 2 rings (SSSR count). The Bertz CT molecular complexity index is 416. The average Bonchev–Trinajstić information content (AvgIpc) is 2.38. The minimum atomic E-state index is -0.336. The lowest BCUT2D eigenvalue weighted by molar-refractivity contribution is -0.0186. The zero-order chi connectivity index (χ0) is 12.3. The van der Waals surface area contributed by atoms with Gasteiger partial charge in [0, 0.05) is 6.54 Å². The van der Waals surface area contributed by atoms with Crippen LogP contribution in [0, 0.1) is 0 Å². The molecule has 1 N–H and O–H groups in total. The standard InChI is InChI=1S/C10H12ClN3O3/c11-9-4-12-3-8(13-9)10(16)14-1-2-17-6-7(14)5-15/h3-4,7,15H,1-2,5-6H2. The Morgan fingerprint density at radius 3 is 3.18 bits per heavy atom. The summed E-state index contributed by atoms with van der Waals surface area (Å²) in [6.45, 7) is 1.07. The van der Waals surface area contributed by atoms with Gasteiger partial charge in [-0.1, -0.05) is 11.6 Å². The minimum absolute atomic E-state index is 0.139. The molecule has 0 spiro atoms. The second-order valence-electron chi connectivity index (χ2n) is 3.64. The molecular formula is C10H12ClN3O3. The van der Waals surface area contributed by atoms with E-state index in [-0.39, 0.29) is 29.4 Å². The first-order chi connectivity index (χ1) is 8.22. The van der Waals surface area contributed by atoms with Crippen LogP contribution in [-0.4, -0.2) is 58.3 Å². The summed E-state index contributed by atoms with van der Waals surface area (Å²) < 4.78 is 5.20. The van der Waals surface area contributed by atoms with Gasteiger partial charge in [-0.05, 0) is 0 Å². The molecule has 1 unspecified atom stereocenters. The highest BCUT2D eigenvalue weighted by atomic mass is 35.5. The van der Waals surface area contributed by atoms with Crippen molar-refractivity contribution < 1.29 is 14.6 Å². The van der Waals surface area contributed by atoms with E-state index in [2.05, 4.69) is 9.97 Å². The second-order valence-corrected chi connectivity index (χ2v) is 4.02. The zero-order valence-corrected chi connectivity index (χ0v) is 9.80. The second kappa shape index (κ2) is 5.39. The Balaban J connectivity index is 2.18. The van der Waals surface area contributed by atoms with Gasteiger partial charge < -0.3 is 14.7 Å². The maximum absolute atomic E-state index is 12.1. The number of rotatable bonds is 2. The number of aliphatic hydroxyl groups excluding tert-OH is 1. The van der Waals surface area contributed by atoms with Gasteiger partial charge in [-0.3, -0.25) is 9.78 Å². The summed E-state index contributed by atoms with van der Waals surface area (Å²) in [5, 5.41) is 9.35. The van der Waals surface area contributed by atoms with E-state index in [1.54, 1.807) is 0 Å².